The van der Waals surface area contributed by atoms with Crippen LogP contribution in [0.3, 0.4) is 0 Å². The molecule has 2 fully saturated rings. The van der Waals surface area contributed by atoms with Crippen molar-refractivity contribution in [3.8, 4) is 17.2 Å². The van der Waals surface area contributed by atoms with E-state index in [-0.39, 0.29) is 29.6 Å². The van der Waals surface area contributed by atoms with Gasteiger partial charge in [-0.2, -0.15) is 0 Å². The molecule has 34 heavy (non-hydrogen) atoms. The number of fused-ring (bicyclic) bond motifs is 1. The third-order valence-corrected chi connectivity index (χ3v) is 7.96. The smallest absolute Gasteiger partial charge is 0.321 e. The molecule has 0 saturated carbocycles. The Morgan fingerprint density at radius 2 is 1.91 bits per heavy atom. The number of urea groups is 1. The van der Waals surface area contributed by atoms with Gasteiger partial charge in [-0.1, -0.05) is 6.07 Å². The van der Waals surface area contributed by atoms with Gasteiger partial charge in [-0.05, 0) is 54.8 Å². The van der Waals surface area contributed by atoms with Gasteiger partial charge >= 0.3 is 6.03 Å². The summed E-state index contributed by atoms with van der Waals surface area (Å²) in [6, 6.07) is 12.6. The molecule has 1 spiro atoms. The van der Waals surface area contributed by atoms with Gasteiger partial charge in [-0.15, -0.1) is 11.8 Å². The number of nitrogens with one attached hydrogen (secondary N) is 3. The molecule has 3 heterocycles. The van der Waals surface area contributed by atoms with Crippen molar-refractivity contribution in [3.05, 3.63) is 48.0 Å². The fraction of sp³-hybridized carbons (Fsp3) is 0.417. The van der Waals surface area contributed by atoms with Crippen molar-refractivity contribution in [1.29, 1.82) is 0 Å². The molecule has 3 aliphatic heterocycles. The quantitative estimate of drug-likeness (QED) is 0.600. The number of ether oxygens (including phenoxy) is 3. The van der Waals surface area contributed by atoms with Gasteiger partial charge in [0.15, 0.2) is 11.5 Å². The van der Waals surface area contributed by atoms with Gasteiger partial charge in [0, 0.05) is 31.1 Å². The van der Waals surface area contributed by atoms with E-state index in [9.17, 15) is 9.59 Å². The molecular formula is C24H28N4O5S. The molecule has 0 bridgehead atoms. The number of hydrogen-bond donors (Lipinski definition) is 3. The fourth-order valence-corrected chi connectivity index (χ4v) is 5.80. The van der Waals surface area contributed by atoms with E-state index >= 15 is 0 Å². The fourth-order valence-electron chi connectivity index (χ4n) is 4.38. The molecule has 1 atom stereocenters. The molecule has 5 rings (SSSR count). The number of piperidine rings is 1. The van der Waals surface area contributed by atoms with E-state index in [1.807, 2.05) is 47.4 Å². The highest BCUT2D eigenvalue weighted by molar-refractivity contribution is 8.01. The molecule has 3 N–H and O–H groups in total. The number of carbonyl (C=O) groups excluding carboxylic acids is 2. The molecule has 9 nitrogen and oxygen atoms in total. The van der Waals surface area contributed by atoms with Crippen LogP contribution in [0.25, 0.3) is 0 Å². The van der Waals surface area contributed by atoms with E-state index in [0.717, 1.165) is 35.6 Å². The second kappa shape index (κ2) is 9.63. The maximum atomic E-state index is 12.8. The van der Waals surface area contributed by atoms with Gasteiger partial charge in [0.05, 0.1) is 18.0 Å². The summed E-state index contributed by atoms with van der Waals surface area (Å²) < 4.78 is 15.9. The molecule has 0 radical (unpaired) electrons. The molecule has 2 aromatic carbocycles. The van der Waals surface area contributed by atoms with Crippen LogP contribution in [0.15, 0.2) is 42.5 Å². The van der Waals surface area contributed by atoms with Crippen molar-refractivity contribution < 1.29 is 23.8 Å². The minimum absolute atomic E-state index is 0.0123. The molecular weight excluding hydrogens is 456 g/mol. The third kappa shape index (κ3) is 4.88. The first-order valence-corrected chi connectivity index (χ1v) is 12.3. The Kier molecular flexibility index (Phi) is 6.42. The topological polar surface area (TPSA) is 101 Å². The summed E-state index contributed by atoms with van der Waals surface area (Å²) in [5, 5.41) is 9.50. The molecule has 0 aromatic heterocycles. The second-order valence-electron chi connectivity index (χ2n) is 8.55. The Morgan fingerprint density at radius 3 is 2.68 bits per heavy atom. The number of anilines is 1. The summed E-state index contributed by atoms with van der Waals surface area (Å²) >= 11 is 1.78. The molecule has 10 heteroatoms. The van der Waals surface area contributed by atoms with Crippen molar-refractivity contribution in [2.24, 2.45) is 0 Å². The van der Waals surface area contributed by atoms with Crippen LogP contribution in [0.4, 0.5) is 10.5 Å². The lowest BCUT2D eigenvalue weighted by Crippen LogP contribution is -2.54. The van der Waals surface area contributed by atoms with Crippen molar-refractivity contribution in [3.63, 3.8) is 0 Å². The molecule has 2 aromatic rings. The average molecular weight is 485 g/mol. The lowest BCUT2D eigenvalue weighted by atomic mass is 10.0. The van der Waals surface area contributed by atoms with Gasteiger partial charge in [0.25, 0.3) is 0 Å². The first-order valence-electron chi connectivity index (χ1n) is 11.3. The Morgan fingerprint density at radius 1 is 1.15 bits per heavy atom. The maximum absolute atomic E-state index is 12.8. The summed E-state index contributed by atoms with van der Waals surface area (Å²) in [6.45, 7) is 1.93. The molecule has 180 valence electrons. The Labute approximate surface area is 202 Å². The van der Waals surface area contributed by atoms with Crippen molar-refractivity contribution in [2.45, 2.75) is 30.3 Å². The minimum Gasteiger partial charge on any atom is -0.497 e. The Hall–Kier alpha value is -3.11. The first-order chi connectivity index (χ1) is 16.5. The highest BCUT2D eigenvalue weighted by Crippen LogP contribution is 2.39. The summed E-state index contributed by atoms with van der Waals surface area (Å²) in [7, 11) is 1.61. The molecule has 3 aliphatic rings. The van der Waals surface area contributed by atoms with E-state index < -0.39 is 0 Å². The number of carbonyl (C=O) groups is 2. The monoisotopic (exact) mass is 484 g/mol. The first kappa shape index (κ1) is 22.7. The maximum Gasteiger partial charge on any atom is 0.321 e. The summed E-state index contributed by atoms with van der Waals surface area (Å²) in [5.74, 6) is 2.89. The van der Waals surface area contributed by atoms with Crippen LogP contribution in [-0.2, 0) is 11.3 Å². The average Bonchev–Trinajstić information content (AvgIpc) is 3.50. The van der Waals surface area contributed by atoms with E-state index in [1.54, 1.807) is 18.9 Å². The van der Waals surface area contributed by atoms with Crippen LogP contribution in [0.1, 0.15) is 18.4 Å². The van der Waals surface area contributed by atoms with Crippen molar-refractivity contribution in [1.82, 2.24) is 15.5 Å². The highest BCUT2D eigenvalue weighted by Gasteiger charge is 2.44. The third-order valence-electron chi connectivity index (χ3n) is 6.38. The lowest BCUT2D eigenvalue weighted by Gasteiger charge is -2.39. The highest BCUT2D eigenvalue weighted by atomic mass is 32.2. The van der Waals surface area contributed by atoms with Crippen LogP contribution >= 0.6 is 11.8 Å². The predicted molar refractivity (Wildman–Crippen MR) is 129 cm³/mol. The van der Waals surface area contributed by atoms with Gasteiger partial charge in [0.1, 0.15) is 5.75 Å². The standard InChI is InChI=1S/C24H28N4O5S/c1-31-18-5-3-17(4-6-18)26-23(30)28-10-8-24(9-11-28)27-19(14-34-24)22(29)25-13-16-2-7-20-21(12-16)33-15-32-20/h2-7,12,19,27H,8-11,13-15H2,1H3,(H,25,29)(H,26,30). The molecule has 3 amide bonds. The predicted octanol–water partition coefficient (Wildman–Crippen LogP) is 2.77. The zero-order valence-corrected chi connectivity index (χ0v) is 19.8. The number of rotatable bonds is 5. The summed E-state index contributed by atoms with van der Waals surface area (Å²) in [4.78, 5) is 27.1. The molecule has 2 saturated heterocycles. The number of thioether (sulfide) groups is 1. The number of amides is 3. The molecule has 0 aliphatic carbocycles. The largest absolute Gasteiger partial charge is 0.497 e. The van der Waals surface area contributed by atoms with Crippen LogP contribution in [0.2, 0.25) is 0 Å². The molecule has 1 unspecified atom stereocenters. The number of nitrogens with zero attached hydrogens (tertiary/aromatic N) is 1. The normalized spacial score (nSPS) is 20.3. The van der Waals surface area contributed by atoms with Gasteiger partial charge in [0.2, 0.25) is 12.7 Å². The number of hydrogen-bond acceptors (Lipinski definition) is 7. The Bertz CT molecular complexity index is 1060. The number of likely N-dealkylation sites (tertiary alicyclic amines) is 1. The van der Waals surface area contributed by atoms with Gasteiger partial charge in [-0.3, -0.25) is 10.1 Å². The SMILES string of the molecule is COc1ccc(NC(=O)N2CCC3(CC2)NC(C(=O)NCc2ccc4c(c2)OCO4)CS3)cc1. The van der Waals surface area contributed by atoms with E-state index in [1.165, 1.54) is 0 Å². The summed E-state index contributed by atoms with van der Waals surface area (Å²) in [5.41, 5.74) is 1.70. The van der Waals surface area contributed by atoms with E-state index in [2.05, 4.69) is 16.0 Å². The van der Waals surface area contributed by atoms with Crippen LogP contribution in [0.5, 0.6) is 17.2 Å². The van der Waals surface area contributed by atoms with Crippen molar-refractivity contribution >= 4 is 29.4 Å². The van der Waals surface area contributed by atoms with Crippen LogP contribution < -0.4 is 30.2 Å². The van der Waals surface area contributed by atoms with Crippen LogP contribution in [0, 0.1) is 0 Å². The van der Waals surface area contributed by atoms with E-state index in [4.69, 9.17) is 14.2 Å². The Balaban J connectivity index is 1.08. The van der Waals surface area contributed by atoms with Crippen LogP contribution in [-0.4, -0.2) is 60.5 Å². The number of benzene rings is 2. The number of methoxy groups -OCH3 is 1. The lowest BCUT2D eigenvalue weighted by molar-refractivity contribution is -0.122. The minimum atomic E-state index is -0.251. The van der Waals surface area contributed by atoms with Gasteiger partial charge < -0.3 is 29.7 Å². The summed E-state index contributed by atoms with van der Waals surface area (Å²) in [6.07, 6.45) is 1.58. The zero-order chi connectivity index (χ0) is 23.5. The zero-order valence-electron chi connectivity index (χ0n) is 19.0. The van der Waals surface area contributed by atoms with Crippen molar-refractivity contribution in [2.75, 3.05) is 38.1 Å². The van der Waals surface area contributed by atoms with Gasteiger partial charge in [-0.25, -0.2) is 4.79 Å². The van der Waals surface area contributed by atoms with E-state index in [0.29, 0.717) is 31.1 Å². The second-order valence-corrected chi connectivity index (χ2v) is 9.96.